The Hall–Kier alpha value is -0.880. The molecule has 0 aliphatic carbocycles. The van der Waals surface area contributed by atoms with Crippen molar-refractivity contribution >= 4 is 45.2 Å². The first-order valence-electron chi connectivity index (χ1n) is 8.26. The summed E-state index contributed by atoms with van der Waals surface area (Å²) in [5.74, 6) is 0. The zero-order chi connectivity index (χ0) is 16.8. The van der Waals surface area contributed by atoms with Crippen LogP contribution in [0.5, 0.6) is 0 Å². The second-order valence-corrected chi connectivity index (χ2v) is 8.56. The molecule has 0 saturated heterocycles. The van der Waals surface area contributed by atoms with E-state index in [0.717, 1.165) is 25.7 Å². The number of aryl methyl sites for hydroxylation is 4. The summed E-state index contributed by atoms with van der Waals surface area (Å²) in [5, 5.41) is 0. The molecule has 0 N–H and O–H groups in total. The third-order valence-electron chi connectivity index (χ3n) is 4.25. The zero-order valence-corrected chi connectivity index (χ0v) is 17.8. The first-order valence-corrected chi connectivity index (χ1v) is 10.4. The minimum absolute atomic E-state index is 1.11. The molecule has 0 radical (unpaired) electrons. The molecule has 0 fully saturated rings. The maximum atomic E-state index is 2.35. The van der Waals surface area contributed by atoms with Crippen LogP contribution in [-0.2, 0) is 25.7 Å². The summed E-state index contributed by atoms with van der Waals surface area (Å²) in [4.78, 5) is 0. The topological polar surface area (TPSA) is 0 Å². The number of hydrogen-bond acceptors (Lipinski definition) is 0. The average molecular weight is 538 g/mol. The molecule has 122 valence electrons. The van der Waals surface area contributed by atoms with E-state index in [2.05, 4.69) is 118 Å². The van der Waals surface area contributed by atoms with Crippen LogP contribution in [0.3, 0.4) is 0 Å². The highest BCUT2D eigenvalue weighted by atomic mass is 127. The molecule has 3 aromatic rings. The van der Waals surface area contributed by atoms with E-state index in [-0.39, 0.29) is 0 Å². The molecule has 0 heterocycles. The summed E-state index contributed by atoms with van der Waals surface area (Å²) in [5.41, 5.74) is 5.68. The Bertz CT molecular complexity index is 688. The monoisotopic (exact) mass is 538 g/mol. The van der Waals surface area contributed by atoms with E-state index in [9.17, 15) is 0 Å². The molecule has 2 heteroatoms. The van der Waals surface area contributed by atoms with Crippen molar-refractivity contribution in [2.45, 2.75) is 25.7 Å². The smallest absolute Gasteiger partial charge is 0.0130 e. The normalized spacial score (nSPS) is 10.8. The minimum atomic E-state index is 1.11. The quantitative estimate of drug-likeness (QED) is 0.316. The first-order chi connectivity index (χ1) is 11.7. The highest BCUT2D eigenvalue weighted by molar-refractivity contribution is 14.1. The highest BCUT2D eigenvalue weighted by Crippen LogP contribution is 2.14. The Kier molecular flexibility index (Phi) is 6.72. The molecule has 0 aliphatic heterocycles. The van der Waals surface area contributed by atoms with Gasteiger partial charge in [0, 0.05) is 7.14 Å². The Morgan fingerprint density at radius 1 is 0.375 bits per heavy atom. The molecular formula is C22H20I2. The lowest BCUT2D eigenvalue weighted by molar-refractivity contribution is 0.939. The van der Waals surface area contributed by atoms with Gasteiger partial charge in [0.05, 0.1) is 0 Å². The van der Waals surface area contributed by atoms with Crippen molar-refractivity contribution in [3.05, 3.63) is 102 Å². The minimum Gasteiger partial charge on any atom is -0.0588 e. The Labute approximate surface area is 172 Å². The number of hydrogen-bond donors (Lipinski definition) is 0. The SMILES string of the molecule is Ic1ccc(CCc2ccc(CCc3ccc(I)cc3)cc2)cc1. The standard InChI is InChI=1S/C22H20I2/c23-21-13-9-19(10-14-21)7-5-17-1-2-18(4-3-17)6-8-20-11-15-22(24)16-12-20/h1-4,9-16H,5-8H2. The molecule has 0 amide bonds. The van der Waals surface area contributed by atoms with Gasteiger partial charge in [-0.25, -0.2) is 0 Å². The average Bonchev–Trinajstić information content (AvgIpc) is 2.62. The van der Waals surface area contributed by atoms with Crippen LogP contribution in [0.15, 0.2) is 72.8 Å². The van der Waals surface area contributed by atoms with Crippen LogP contribution < -0.4 is 0 Å². The zero-order valence-electron chi connectivity index (χ0n) is 13.5. The molecule has 3 aromatic carbocycles. The van der Waals surface area contributed by atoms with Gasteiger partial charge in [-0.3, -0.25) is 0 Å². The molecule has 0 unspecified atom stereocenters. The molecule has 0 aliphatic rings. The van der Waals surface area contributed by atoms with E-state index in [1.54, 1.807) is 0 Å². The summed E-state index contributed by atoms with van der Waals surface area (Å²) < 4.78 is 2.60. The first kappa shape index (κ1) is 17.9. The van der Waals surface area contributed by atoms with Gasteiger partial charge in [-0.2, -0.15) is 0 Å². The summed E-state index contributed by atoms with van der Waals surface area (Å²) in [6.07, 6.45) is 4.44. The van der Waals surface area contributed by atoms with E-state index in [1.807, 2.05) is 0 Å². The van der Waals surface area contributed by atoms with E-state index in [0.29, 0.717) is 0 Å². The van der Waals surface area contributed by atoms with Crippen molar-refractivity contribution in [1.82, 2.24) is 0 Å². The molecule has 0 nitrogen and oxygen atoms in total. The molecule has 0 atom stereocenters. The fourth-order valence-electron chi connectivity index (χ4n) is 2.75. The molecule has 0 spiro atoms. The van der Waals surface area contributed by atoms with Gasteiger partial charge in [0.2, 0.25) is 0 Å². The summed E-state index contributed by atoms with van der Waals surface area (Å²) in [7, 11) is 0. The lowest BCUT2D eigenvalue weighted by Crippen LogP contribution is -1.94. The maximum Gasteiger partial charge on any atom is 0.0130 e. The molecular weight excluding hydrogens is 518 g/mol. The second-order valence-electron chi connectivity index (χ2n) is 6.07. The van der Waals surface area contributed by atoms with Gasteiger partial charge >= 0.3 is 0 Å². The van der Waals surface area contributed by atoms with Crippen LogP contribution in [0, 0.1) is 7.14 Å². The van der Waals surface area contributed by atoms with Gasteiger partial charge < -0.3 is 0 Å². The summed E-state index contributed by atoms with van der Waals surface area (Å²) >= 11 is 4.71. The van der Waals surface area contributed by atoms with E-state index < -0.39 is 0 Å². The van der Waals surface area contributed by atoms with E-state index in [4.69, 9.17) is 0 Å². The Balaban J connectivity index is 1.51. The van der Waals surface area contributed by atoms with Crippen molar-refractivity contribution in [2.75, 3.05) is 0 Å². The van der Waals surface area contributed by atoms with Gasteiger partial charge in [0.1, 0.15) is 0 Å². The largest absolute Gasteiger partial charge is 0.0588 e. The maximum absolute atomic E-state index is 2.35. The summed E-state index contributed by atoms with van der Waals surface area (Å²) in [6.45, 7) is 0. The van der Waals surface area contributed by atoms with Crippen LogP contribution >= 0.6 is 45.2 Å². The van der Waals surface area contributed by atoms with Crippen molar-refractivity contribution in [1.29, 1.82) is 0 Å². The lowest BCUT2D eigenvalue weighted by atomic mass is 10.0. The molecule has 0 saturated carbocycles. The van der Waals surface area contributed by atoms with Crippen LogP contribution in [0.4, 0.5) is 0 Å². The third-order valence-corrected chi connectivity index (χ3v) is 5.69. The predicted molar refractivity (Wildman–Crippen MR) is 120 cm³/mol. The van der Waals surface area contributed by atoms with Crippen LogP contribution in [-0.4, -0.2) is 0 Å². The van der Waals surface area contributed by atoms with Crippen LogP contribution in [0.2, 0.25) is 0 Å². The van der Waals surface area contributed by atoms with E-state index >= 15 is 0 Å². The van der Waals surface area contributed by atoms with Crippen LogP contribution in [0.1, 0.15) is 22.3 Å². The number of halogens is 2. The van der Waals surface area contributed by atoms with Crippen LogP contribution in [0.25, 0.3) is 0 Å². The Morgan fingerprint density at radius 2 is 0.583 bits per heavy atom. The molecule has 0 aromatic heterocycles. The van der Waals surface area contributed by atoms with Gasteiger partial charge in [-0.15, -0.1) is 0 Å². The van der Waals surface area contributed by atoms with Crippen molar-refractivity contribution in [2.24, 2.45) is 0 Å². The number of benzene rings is 3. The Morgan fingerprint density at radius 3 is 0.833 bits per heavy atom. The third kappa shape index (κ3) is 5.59. The predicted octanol–water partition coefficient (Wildman–Crippen LogP) is 6.47. The van der Waals surface area contributed by atoms with Gasteiger partial charge in [0.25, 0.3) is 0 Å². The van der Waals surface area contributed by atoms with Gasteiger partial charge in [-0.1, -0.05) is 48.5 Å². The fraction of sp³-hybridized carbons (Fsp3) is 0.182. The highest BCUT2D eigenvalue weighted by Gasteiger charge is 1.99. The van der Waals surface area contributed by atoms with Crippen molar-refractivity contribution < 1.29 is 0 Å². The molecule has 24 heavy (non-hydrogen) atoms. The molecule has 0 bridgehead atoms. The second kappa shape index (κ2) is 8.99. The fourth-order valence-corrected chi connectivity index (χ4v) is 3.47. The van der Waals surface area contributed by atoms with Gasteiger partial charge in [-0.05, 0) is 117 Å². The molecule has 3 rings (SSSR count). The number of rotatable bonds is 6. The summed E-state index contributed by atoms with van der Waals surface area (Å²) in [6, 6.07) is 26.8. The van der Waals surface area contributed by atoms with Gasteiger partial charge in [0.15, 0.2) is 0 Å². The van der Waals surface area contributed by atoms with Crippen molar-refractivity contribution in [3.63, 3.8) is 0 Å². The van der Waals surface area contributed by atoms with E-state index in [1.165, 1.54) is 29.4 Å². The lowest BCUT2D eigenvalue weighted by Gasteiger charge is -2.06. The van der Waals surface area contributed by atoms with Crippen molar-refractivity contribution in [3.8, 4) is 0 Å².